The Balaban J connectivity index is 3.53. The van der Waals surface area contributed by atoms with Crippen LogP contribution in [0.5, 0.6) is 0 Å². The summed E-state index contributed by atoms with van der Waals surface area (Å²) in [6.07, 6.45) is 0. The van der Waals surface area contributed by atoms with E-state index in [4.69, 9.17) is 0 Å². The zero-order valence-corrected chi connectivity index (χ0v) is 13.1. The molecular weight excluding hydrogens is 228 g/mol. The van der Waals surface area contributed by atoms with Gasteiger partial charge in [0.05, 0.1) is 16.1 Å². The monoisotopic (exact) mass is 249 g/mol. The van der Waals surface area contributed by atoms with Gasteiger partial charge in [-0.2, -0.15) is 0 Å². The second-order valence-corrected chi connectivity index (χ2v) is 16.4. The normalized spacial score (nSPS) is 12.3. The average Bonchev–Trinajstić information content (AvgIpc) is 2.13. The third kappa shape index (κ3) is 2.60. The topological polar surface area (TPSA) is 28.1 Å². The zero-order chi connectivity index (χ0) is 12.6. The van der Waals surface area contributed by atoms with Crippen LogP contribution in [0, 0.1) is 5.39 Å². The van der Waals surface area contributed by atoms with Crippen molar-refractivity contribution in [2.45, 2.75) is 39.3 Å². The Kier molecular flexibility index (Phi) is 3.41. The van der Waals surface area contributed by atoms with Crippen molar-refractivity contribution in [1.29, 1.82) is 5.39 Å². The minimum absolute atomic E-state index is 0.848. The van der Waals surface area contributed by atoms with Crippen LogP contribution in [0.1, 0.15) is 0 Å². The number of hydrogen-bond donors (Lipinski definition) is 0. The van der Waals surface area contributed by atoms with Gasteiger partial charge in [0.2, 0.25) is 5.39 Å². The molecule has 0 N–H and O–H groups in total. The van der Waals surface area contributed by atoms with E-state index in [0.717, 1.165) is 5.69 Å². The second kappa shape index (κ2) is 4.15. The average molecular weight is 249 g/mol. The highest BCUT2D eigenvalue weighted by Gasteiger charge is 2.34. The Hall–Kier alpha value is -0.926. The van der Waals surface area contributed by atoms with Crippen LogP contribution in [0.15, 0.2) is 18.2 Å². The van der Waals surface area contributed by atoms with E-state index in [1.54, 1.807) is 0 Å². The van der Waals surface area contributed by atoms with Gasteiger partial charge < -0.3 is 0 Å². The first-order valence-electron chi connectivity index (χ1n) is 5.67. The summed E-state index contributed by atoms with van der Waals surface area (Å²) in [4.78, 5) is 3.57. The van der Waals surface area contributed by atoms with Crippen LogP contribution < -0.4 is 10.4 Å². The molecule has 0 atom stereocenters. The minimum Gasteiger partial charge on any atom is -0.0653 e. The molecule has 0 radical (unpaired) electrons. The fourth-order valence-electron chi connectivity index (χ4n) is 1.86. The van der Waals surface area contributed by atoms with Crippen molar-refractivity contribution in [3.05, 3.63) is 23.2 Å². The van der Waals surface area contributed by atoms with Crippen LogP contribution >= 0.6 is 0 Å². The summed E-state index contributed by atoms with van der Waals surface area (Å²) in [5.74, 6) is 0. The molecule has 0 saturated carbocycles. The molecule has 86 valence electrons. The van der Waals surface area contributed by atoms with Crippen LogP contribution in [0.2, 0.25) is 39.3 Å². The van der Waals surface area contributed by atoms with Crippen LogP contribution in [0.3, 0.4) is 0 Å². The highest BCUT2D eigenvalue weighted by Crippen LogP contribution is 2.17. The molecule has 0 aliphatic carbocycles. The third-order valence-corrected chi connectivity index (χ3v) is 6.79. The molecule has 0 aliphatic rings. The first-order valence-corrected chi connectivity index (χ1v) is 12.7. The SMILES string of the molecule is C[Si](C)(C)c1cccc([Si](C)(C)C)c1[N+]#N. The lowest BCUT2D eigenvalue weighted by atomic mass is 10.3. The highest BCUT2D eigenvalue weighted by atomic mass is 28.3. The smallest absolute Gasteiger partial charge is 0.0653 e. The molecular formula is C12H21N2Si2+. The summed E-state index contributed by atoms with van der Waals surface area (Å²) < 4.78 is 0. The molecule has 0 unspecified atom stereocenters. The van der Waals surface area contributed by atoms with E-state index in [1.807, 2.05) is 0 Å². The fourth-order valence-corrected chi connectivity index (χ4v) is 4.97. The van der Waals surface area contributed by atoms with Gasteiger partial charge in [-0.25, -0.2) is 0 Å². The van der Waals surface area contributed by atoms with Crippen LogP contribution in [0.4, 0.5) is 5.69 Å². The lowest BCUT2D eigenvalue weighted by Gasteiger charge is -2.19. The van der Waals surface area contributed by atoms with Crippen molar-refractivity contribution in [3.8, 4) is 0 Å². The van der Waals surface area contributed by atoms with E-state index in [-0.39, 0.29) is 0 Å². The molecule has 1 rings (SSSR count). The van der Waals surface area contributed by atoms with E-state index in [2.05, 4.69) is 62.5 Å². The van der Waals surface area contributed by atoms with Gasteiger partial charge in [0.15, 0.2) is 4.98 Å². The van der Waals surface area contributed by atoms with E-state index in [9.17, 15) is 5.39 Å². The first kappa shape index (κ1) is 13.1. The Morgan fingerprint density at radius 1 is 0.875 bits per heavy atom. The quantitative estimate of drug-likeness (QED) is 0.584. The summed E-state index contributed by atoms with van der Waals surface area (Å²) in [6.45, 7) is 13.7. The summed E-state index contributed by atoms with van der Waals surface area (Å²) in [7, 11) is -2.88. The largest absolute Gasteiger partial charge is 0.383 e. The number of hydrogen-bond acceptors (Lipinski definition) is 1. The molecule has 0 saturated heterocycles. The number of nitrogens with zero attached hydrogens (tertiary/aromatic N) is 2. The zero-order valence-electron chi connectivity index (χ0n) is 11.1. The Labute approximate surface area is 100 Å². The molecule has 0 fully saturated rings. The van der Waals surface area contributed by atoms with Crippen molar-refractivity contribution in [2.75, 3.05) is 0 Å². The van der Waals surface area contributed by atoms with E-state index < -0.39 is 16.1 Å². The maximum Gasteiger partial charge on any atom is 0.383 e. The van der Waals surface area contributed by atoms with Gasteiger partial charge >= 0.3 is 5.69 Å². The maximum absolute atomic E-state index is 9.30. The van der Waals surface area contributed by atoms with Gasteiger partial charge in [0, 0.05) is 10.4 Å². The molecule has 0 aromatic heterocycles. The number of benzene rings is 1. The Morgan fingerprint density at radius 3 is 1.50 bits per heavy atom. The minimum atomic E-state index is -1.44. The van der Waals surface area contributed by atoms with E-state index in [0.29, 0.717) is 0 Å². The predicted molar refractivity (Wildman–Crippen MR) is 77.1 cm³/mol. The number of diazo groups is 1. The lowest BCUT2D eigenvalue weighted by molar-refractivity contribution is 1.47. The van der Waals surface area contributed by atoms with Gasteiger partial charge in [0.25, 0.3) is 0 Å². The summed E-state index contributed by atoms with van der Waals surface area (Å²) >= 11 is 0. The fraction of sp³-hybridized carbons (Fsp3) is 0.500. The summed E-state index contributed by atoms with van der Waals surface area (Å²) in [5.41, 5.74) is 0.848. The molecule has 0 aliphatic heterocycles. The lowest BCUT2D eigenvalue weighted by Crippen LogP contribution is -2.45. The van der Waals surface area contributed by atoms with E-state index >= 15 is 0 Å². The molecule has 2 nitrogen and oxygen atoms in total. The van der Waals surface area contributed by atoms with Crippen molar-refractivity contribution in [3.63, 3.8) is 0 Å². The van der Waals surface area contributed by atoms with Gasteiger partial charge in [-0.3, -0.25) is 0 Å². The summed E-state index contributed by atoms with van der Waals surface area (Å²) in [6, 6.07) is 6.34. The molecule has 0 amide bonds. The van der Waals surface area contributed by atoms with Gasteiger partial charge in [-0.05, 0) is 0 Å². The second-order valence-electron chi connectivity index (χ2n) is 6.30. The van der Waals surface area contributed by atoms with Gasteiger partial charge in [-0.15, -0.1) is 0 Å². The summed E-state index contributed by atoms with van der Waals surface area (Å²) in [5, 5.41) is 11.8. The van der Waals surface area contributed by atoms with Crippen molar-refractivity contribution in [1.82, 2.24) is 0 Å². The molecule has 4 heteroatoms. The van der Waals surface area contributed by atoms with Crippen LogP contribution in [-0.4, -0.2) is 16.1 Å². The van der Waals surface area contributed by atoms with Crippen molar-refractivity contribution >= 4 is 32.2 Å². The molecule has 16 heavy (non-hydrogen) atoms. The standard InChI is InChI=1S/C12H21N2Si2/c1-15(2,3)10-8-7-9-11(12(10)14-13)16(4,5)6/h7-9H,1-6H3/q+1. The molecule has 1 aromatic carbocycles. The van der Waals surface area contributed by atoms with Crippen molar-refractivity contribution in [2.24, 2.45) is 0 Å². The molecule has 1 aromatic rings. The molecule has 0 bridgehead atoms. The maximum atomic E-state index is 9.30. The Bertz CT molecular complexity index is 402. The van der Waals surface area contributed by atoms with E-state index in [1.165, 1.54) is 10.4 Å². The van der Waals surface area contributed by atoms with Gasteiger partial charge in [-0.1, -0.05) is 57.5 Å². The van der Waals surface area contributed by atoms with Gasteiger partial charge in [0.1, 0.15) is 0 Å². The first-order chi connectivity index (χ1) is 7.18. The predicted octanol–water partition coefficient (Wildman–Crippen LogP) is 3.26. The van der Waals surface area contributed by atoms with Crippen LogP contribution in [-0.2, 0) is 0 Å². The highest BCUT2D eigenvalue weighted by molar-refractivity contribution is 6.93. The molecule has 0 heterocycles. The third-order valence-electron chi connectivity index (χ3n) is 2.75. The Morgan fingerprint density at radius 2 is 1.25 bits per heavy atom. The molecule has 0 spiro atoms. The van der Waals surface area contributed by atoms with Crippen LogP contribution in [0.25, 0.3) is 4.98 Å². The van der Waals surface area contributed by atoms with Crippen molar-refractivity contribution < 1.29 is 0 Å². The number of rotatable bonds is 2.